The third kappa shape index (κ3) is 4.93. The molecule has 0 radical (unpaired) electrons. The van der Waals surface area contributed by atoms with E-state index in [2.05, 4.69) is 25.7 Å². The monoisotopic (exact) mass is 454 g/mol. The second kappa shape index (κ2) is 9.66. The van der Waals surface area contributed by atoms with E-state index in [0.717, 1.165) is 16.1 Å². The number of hydrazone groups is 1. The van der Waals surface area contributed by atoms with Gasteiger partial charge in [0.05, 0.1) is 12.0 Å². The lowest BCUT2D eigenvalue weighted by Gasteiger charge is -2.10. The number of halogens is 1. The molecule has 0 saturated carbocycles. The Labute approximate surface area is 185 Å². The Kier molecular flexibility index (Phi) is 6.53. The van der Waals surface area contributed by atoms with E-state index in [0.29, 0.717) is 16.0 Å². The standard InChI is InChI=1S/C20H15ClN6OS2/c21-15-3-5-16(6-4-15)27-19(14-7-9-22-10-8-14)25-26-20(27)30-13-18(28)24-23-12-17-2-1-11-29-17/h1-12H,13H2,(H,24,28)/b23-12+. The molecule has 0 aliphatic rings. The van der Waals surface area contributed by atoms with Crippen LogP contribution in [0.2, 0.25) is 5.02 Å². The van der Waals surface area contributed by atoms with Gasteiger partial charge in [0.25, 0.3) is 5.91 Å². The molecule has 0 aliphatic heterocycles. The number of benzene rings is 1. The molecule has 0 saturated heterocycles. The number of hydrogen-bond donors (Lipinski definition) is 1. The molecular formula is C20H15ClN6OS2. The second-order valence-electron chi connectivity index (χ2n) is 5.95. The van der Waals surface area contributed by atoms with Crippen LogP contribution in [0.4, 0.5) is 0 Å². The molecule has 0 spiro atoms. The molecule has 0 fully saturated rings. The van der Waals surface area contributed by atoms with Crippen LogP contribution in [-0.4, -0.2) is 37.6 Å². The second-order valence-corrected chi connectivity index (χ2v) is 8.31. The van der Waals surface area contributed by atoms with Crippen LogP contribution in [0.25, 0.3) is 17.1 Å². The lowest BCUT2D eigenvalue weighted by atomic mass is 10.2. The summed E-state index contributed by atoms with van der Waals surface area (Å²) in [7, 11) is 0. The van der Waals surface area contributed by atoms with Crippen molar-refractivity contribution in [3.63, 3.8) is 0 Å². The summed E-state index contributed by atoms with van der Waals surface area (Å²) < 4.78 is 1.89. The predicted octanol–water partition coefficient (Wildman–Crippen LogP) is 4.29. The molecule has 10 heteroatoms. The summed E-state index contributed by atoms with van der Waals surface area (Å²) in [5.74, 6) is 0.561. The number of rotatable bonds is 7. The summed E-state index contributed by atoms with van der Waals surface area (Å²) in [4.78, 5) is 17.2. The number of hydrogen-bond acceptors (Lipinski definition) is 7. The van der Waals surface area contributed by atoms with Crippen LogP contribution in [0.5, 0.6) is 0 Å². The summed E-state index contributed by atoms with van der Waals surface area (Å²) in [6.07, 6.45) is 5.01. The van der Waals surface area contributed by atoms with Crippen molar-refractivity contribution in [2.24, 2.45) is 5.10 Å². The number of carbonyl (C=O) groups excluding carboxylic acids is 1. The SMILES string of the molecule is O=C(CSc1nnc(-c2ccncc2)n1-c1ccc(Cl)cc1)N/N=C/c1cccs1. The Morgan fingerprint density at radius 2 is 1.97 bits per heavy atom. The Morgan fingerprint density at radius 3 is 2.70 bits per heavy atom. The highest BCUT2D eigenvalue weighted by molar-refractivity contribution is 7.99. The van der Waals surface area contributed by atoms with Crippen LogP contribution >= 0.6 is 34.7 Å². The molecular weight excluding hydrogens is 440 g/mol. The van der Waals surface area contributed by atoms with E-state index in [4.69, 9.17) is 11.6 Å². The number of amides is 1. The van der Waals surface area contributed by atoms with Gasteiger partial charge in [-0.2, -0.15) is 5.10 Å². The van der Waals surface area contributed by atoms with Crippen molar-refractivity contribution in [3.8, 4) is 17.1 Å². The summed E-state index contributed by atoms with van der Waals surface area (Å²) in [5.41, 5.74) is 4.24. The molecule has 3 aromatic heterocycles. The van der Waals surface area contributed by atoms with Gasteiger partial charge in [0.1, 0.15) is 0 Å². The van der Waals surface area contributed by atoms with E-state index in [1.54, 1.807) is 42.1 Å². The van der Waals surface area contributed by atoms with Crippen LogP contribution < -0.4 is 5.43 Å². The van der Waals surface area contributed by atoms with Crippen molar-refractivity contribution in [3.05, 3.63) is 76.2 Å². The lowest BCUT2D eigenvalue weighted by molar-refractivity contribution is -0.118. The number of aromatic nitrogens is 4. The van der Waals surface area contributed by atoms with Gasteiger partial charge < -0.3 is 0 Å². The summed E-state index contributed by atoms with van der Waals surface area (Å²) in [6, 6.07) is 14.9. The molecule has 0 unspecified atom stereocenters. The Bertz CT molecular complexity index is 1140. The zero-order valence-corrected chi connectivity index (χ0v) is 17.9. The van der Waals surface area contributed by atoms with Gasteiger partial charge in [0.2, 0.25) is 0 Å². The molecule has 0 atom stereocenters. The zero-order valence-electron chi connectivity index (χ0n) is 15.5. The molecule has 1 aromatic carbocycles. The summed E-state index contributed by atoms with van der Waals surface area (Å²) in [5, 5.41) is 15.8. The topological polar surface area (TPSA) is 85.1 Å². The maximum atomic E-state index is 12.2. The molecule has 4 rings (SSSR count). The fourth-order valence-electron chi connectivity index (χ4n) is 2.57. The first-order valence-electron chi connectivity index (χ1n) is 8.80. The van der Waals surface area contributed by atoms with Gasteiger partial charge >= 0.3 is 0 Å². The van der Waals surface area contributed by atoms with E-state index in [9.17, 15) is 4.79 Å². The first-order valence-corrected chi connectivity index (χ1v) is 11.0. The van der Waals surface area contributed by atoms with E-state index >= 15 is 0 Å². The average Bonchev–Trinajstić information content (AvgIpc) is 3.43. The molecule has 0 bridgehead atoms. The Balaban J connectivity index is 1.53. The van der Waals surface area contributed by atoms with Crippen molar-refractivity contribution >= 4 is 46.8 Å². The highest BCUT2D eigenvalue weighted by Crippen LogP contribution is 2.28. The number of thioether (sulfide) groups is 1. The number of thiophene rings is 1. The minimum atomic E-state index is -0.232. The molecule has 4 aromatic rings. The molecule has 1 N–H and O–H groups in total. The molecule has 7 nitrogen and oxygen atoms in total. The average molecular weight is 455 g/mol. The van der Waals surface area contributed by atoms with Crippen molar-refractivity contribution < 1.29 is 4.79 Å². The smallest absolute Gasteiger partial charge is 0.250 e. The van der Waals surface area contributed by atoms with Crippen molar-refractivity contribution in [1.82, 2.24) is 25.2 Å². The molecule has 1 amide bonds. The molecule has 0 aliphatic carbocycles. The maximum Gasteiger partial charge on any atom is 0.250 e. The van der Waals surface area contributed by atoms with Gasteiger partial charge in [-0.25, -0.2) is 5.43 Å². The van der Waals surface area contributed by atoms with Crippen molar-refractivity contribution in [2.75, 3.05) is 5.75 Å². The predicted molar refractivity (Wildman–Crippen MR) is 120 cm³/mol. The molecule has 30 heavy (non-hydrogen) atoms. The number of nitrogens with one attached hydrogen (secondary N) is 1. The van der Waals surface area contributed by atoms with Crippen LogP contribution in [0, 0.1) is 0 Å². The zero-order chi connectivity index (χ0) is 20.8. The van der Waals surface area contributed by atoms with Crippen molar-refractivity contribution in [2.45, 2.75) is 5.16 Å². The van der Waals surface area contributed by atoms with Crippen LogP contribution in [0.3, 0.4) is 0 Å². The first-order chi connectivity index (χ1) is 14.7. The third-order valence-corrected chi connectivity index (χ3v) is 5.90. The van der Waals surface area contributed by atoms with E-state index in [1.807, 2.05) is 46.3 Å². The largest absolute Gasteiger partial charge is 0.272 e. The van der Waals surface area contributed by atoms with Gasteiger partial charge in [0, 0.05) is 33.5 Å². The summed E-state index contributed by atoms with van der Waals surface area (Å²) in [6.45, 7) is 0. The third-order valence-electron chi connectivity index (χ3n) is 3.91. The Hall–Kier alpha value is -3.01. The minimum absolute atomic E-state index is 0.143. The normalized spacial score (nSPS) is 11.1. The van der Waals surface area contributed by atoms with Gasteiger partial charge in [-0.3, -0.25) is 14.3 Å². The fraction of sp³-hybridized carbons (Fsp3) is 0.0500. The lowest BCUT2D eigenvalue weighted by Crippen LogP contribution is -2.19. The van der Waals surface area contributed by atoms with Gasteiger partial charge in [0.15, 0.2) is 11.0 Å². The first kappa shape index (κ1) is 20.3. The number of pyridine rings is 1. The number of nitrogens with zero attached hydrogens (tertiary/aromatic N) is 5. The molecule has 3 heterocycles. The van der Waals surface area contributed by atoms with E-state index in [-0.39, 0.29) is 11.7 Å². The quantitative estimate of drug-likeness (QED) is 0.256. The van der Waals surface area contributed by atoms with Crippen LogP contribution in [0.1, 0.15) is 4.88 Å². The van der Waals surface area contributed by atoms with Crippen LogP contribution in [0.15, 0.2) is 76.6 Å². The molecule has 150 valence electrons. The highest BCUT2D eigenvalue weighted by Gasteiger charge is 2.17. The minimum Gasteiger partial charge on any atom is -0.272 e. The highest BCUT2D eigenvalue weighted by atomic mass is 35.5. The van der Waals surface area contributed by atoms with E-state index in [1.165, 1.54) is 11.8 Å². The van der Waals surface area contributed by atoms with Gasteiger partial charge in [-0.15, -0.1) is 21.5 Å². The fourth-order valence-corrected chi connectivity index (χ4v) is 4.02. The number of carbonyl (C=O) groups is 1. The van der Waals surface area contributed by atoms with Crippen LogP contribution in [-0.2, 0) is 4.79 Å². The Morgan fingerprint density at radius 1 is 1.17 bits per heavy atom. The van der Waals surface area contributed by atoms with Gasteiger partial charge in [-0.05, 0) is 47.8 Å². The van der Waals surface area contributed by atoms with E-state index < -0.39 is 0 Å². The summed E-state index contributed by atoms with van der Waals surface area (Å²) >= 11 is 8.86. The van der Waals surface area contributed by atoms with Gasteiger partial charge in [-0.1, -0.05) is 29.4 Å². The van der Waals surface area contributed by atoms with Crippen molar-refractivity contribution in [1.29, 1.82) is 0 Å². The maximum absolute atomic E-state index is 12.2.